The second-order valence-corrected chi connectivity index (χ2v) is 7.91. The molecule has 4 rings (SSSR count). The predicted molar refractivity (Wildman–Crippen MR) is 112 cm³/mol. The Balaban J connectivity index is 1.63. The molecule has 32 heavy (non-hydrogen) atoms. The van der Waals surface area contributed by atoms with Crippen LogP contribution in [0.1, 0.15) is 18.1 Å². The number of imidazole rings is 1. The van der Waals surface area contributed by atoms with Crippen molar-refractivity contribution in [1.29, 1.82) is 0 Å². The number of alkyl halides is 3. The molecule has 0 bridgehead atoms. The summed E-state index contributed by atoms with van der Waals surface area (Å²) in [6.07, 6.45) is -3.19. The summed E-state index contributed by atoms with van der Waals surface area (Å²) in [7, 11) is 0. The highest BCUT2D eigenvalue weighted by atomic mass is 35.5. The molecular weight excluding hydrogens is 453 g/mol. The van der Waals surface area contributed by atoms with Crippen LogP contribution in [0.3, 0.4) is 0 Å². The Kier molecular flexibility index (Phi) is 5.59. The van der Waals surface area contributed by atoms with E-state index >= 15 is 0 Å². The summed E-state index contributed by atoms with van der Waals surface area (Å²) < 4.78 is 39.5. The van der Waals surface area contributed by atoms with E-state index in [2.05, 4.69) is 15.0 Å². The van der Waals surface area contributed by atoms with Crippen LogP contribution in [0.2, 0.25) is 5.02 Å². The van der Waals surface area contributed by atoms with E-state index < -0.39 is 22.4 Å². The number of H-pyrrole nitrogens is 1. The van der Waals surface area contributed by atoms with Gasteiger partial charge in [0.25, 0.3) is 5.69 Å². The number of nitrogens with zero attached hydrogens (tertiary/aromatic N) is 5. The van der Waals surface area contributed by atoms with Crippen molar-refractivity contribution in [3.63, 3.8) is 0 Å². The normalized spacial score (nSPS) is 17.2. The minimum atomic E-state index is -4.73. The lowest BCUT2D eigenvalue weighted by atomic mass is 10.1. The zero-order chi connectivity index (χ0) is 23.2. The molecule has 3 aromatic rings. The Bertz CT molecular complexity index is 1190. The summed E-state index contributed by atoms with van der Waals surface area (Å²) in [5, 5.41) is 21.0. The molecule has 1 unspecified atom stereocenters. The van der Waals surface area contributed by atoms with Gasteiger partial charge in [-0.2, -0.15) is 13.2 Å². The Morgan fingerprint density at radius 1 is 1.34 bits per heavy atom. The van der Waals surface area contributed by atoms with Crippen molar-refractivity contribution >= 4 is 40.1 Å². The van der Waals surface area contributed by atoms with Crippen molar-refractivity contribution in [1.82, 2.24) is 15.0 Å². The van der Waals surface area contributed by atoms with Gasteiger partial charge in [-0.3, -0.25) is 10.1 Å². The van der Waals surface area contributed by atoms with Crippen LogP contribution in [0.5, 0.6) is 0 Å². The van der Waals surface area contributed by atoms with Crippen LogP contribution in [-0.2, 0) is 12.8 Å². The van der Waals surface area contributed by atoms with Crippen LogP contribution in [-0.4, -0.2) is 50.7 Å². The molecule has 1 saturated heterocycles. The minimum absolute atomic E-state index is 0.0584. The summed E-state index contributed by atoms with van der Waals surface area (Å²) in [6, 6.07) is 2.79. The largest absolute Gasteiger partial charge is 0.416 e. The highest BCUT2D eigenvalue weighted by molar-refractivity contribution is 6.33. The lowest BCUT2D eigenvalue weighted by Crippen LogP contribution is -2.52. The average Bonchev–Trinajstić information content (AvgIpc) is 3.15. The molecule has 1 aromatic carbocycles. The highest BCUT2D eigenvalue weighted by Gasteiger charge is 2.35. The number of piperazine rings is 1. The highest BCUT2D eigenvalue weighted by Crippen LogP contribution is 2.37. The maximum atomic E-state index is 13.2. The van der Waals surface area contributed by atoms with Crippen molar-refractivity contribution in [2.75, 3.05) is 29.4 Å². The minimum Gasteiger partial charge on any atom is -0.392 e. The monoisotopic (exact) mass is 470 g/mol. The molecule has 2 N–H and O–H groups in total. The molecule has 1 fully saturated rings. The van der Waals surface area contributed by atoms with Gasteiger partial charge in [0.15, 0.2) is 0 Å². The number of aromatic nitrogens is 3. The lowest BCUT2D eigenvalue weighted by molar-refractivity contribution is -0.383. The fourth-order valence-electron chi connectivity index (χ4n) is 3.78. The lowest BCUT2D eigenvalue weighted by Gasteiger charge is -2.40. The molecule has 0 spiro atoms. The second kappa shape index (κ2) is 8.10. The number of nitrogens with one attached hydrogen (secondary N) is 1. The Hall–Kier alpha value is -3.12. The number of aromatic amines is 1. The molecule has 1 aliphatic heterocycles. The smallest absolute Gasteiger partial charge is 0.392 e. The van der Waals surface area contributed by atoms with Crippen LogP contribution in [0.25, 0.3) is 11.0 Å². The van der Waals surface area contributed by atoms with Gasteiger partial charge in [-0.05, 0) is 24.6 Å². The standard InChI is InChI=1S/C19H18ClF3N6O3/c1-10-8-27(17-13(20)4-11(9-30)7-24-17)2-3-28(10)18-25-14-5-12(19(21,22)23)6-15(29(31)32)16(14)26-18/h4-7,10,30H,2-3,8-9H2,1H3,(H,25,26). The van der Waals surface area contributed by atoms with Crippen LogP contribution in [0.15, 0.2) is 24.4 Å². The maximum absolute atomic E-state index is 13.2. The number of hydrogen-bond donors (Lipinski definition) is 2. The first-order valence-corrected chi connectivity index (χ1v) is 9.98. The maximum Gasteiger partial charge on any atom is 0.416 e. The van der Waals surface area contributed by atoms with Gasteiger partial charge in [-0.1, -0.05) is 11.6 Å². The van der Waals surface area contributed by atoms with Gasteiger partial charge in [-0.25, -0.2) is 9.97 Å². The molecule has 1 aliphatic rings. The summed E-state index contributed by atoms with van der Waals surface area (Å²) in [4.78, 5) is 25.6. The van der Waals surface area contributed by atoms with Gasteiger partial charge >= 0.3 is 6.18 Å². The number of aliphatic hydroxyl groups is 1. The number of non-ortho nitro benzene ring substituents is 1. The number of rotatable bonds is 4. The summed E-state index contributed by atoms with van der Waals surface area (Å²) in [5.41, 5.74) is -1.40. The Morgan fingerprint density at radius 3 is 2.69 bits per heavy atom. The Morgan fingerprint density at radius 2 is 2.09 bits per heavy atom. The van der Waals surface area contributed by atoms with E-state index in [1.807, 2.05) is 16.7 Å². The quantitative estimate of drug-likeness (QED) is 0.441. The molecule has 3 heterocycles. The molecule has 170 valence electrons. The molecule has 13 heteroatoms. The molecule has 0 amide bonds. The molecular formula is C19H18ClF3N6O3. The topological polar surface area (TPSA) is 111 Å². The third-order valence-corrected chi connectivity index (χ3v) is 5.62. The van der Waals surface area contributed by atoms with Crippen LogP contribution >= 0.6 is 11.6 Å². The van der Waals surface area contributed by atoms with Gasteiger partial charge in [0.05, 0.1) is 27.6 Å². The molecule has 1 atom stereocenters. The summed E-state index contributed by atoms with van der Waals surface area (Å²) >= 11 is 6.29. The number of pyridine rings is 1. The van der Waals surface area contributed by atoms with Gasteiger partial charge < -0.3 is 19.9 Å². The number of nitro groups is 1. The third-order valence-electron chi connectivity index (χ3n) is 5.34. The van der Waals surface area contributed by atoms with E-state index in [4.69, 9.17) is 11.6 Å². The molecule has 0 saturated carbocycles. The third kappa shape index (κ3) is 4.02. The van der Waals surface area contributed by atoms with Gasteiger partial charge in [0.2, 0.25) is 5.95 Å². The molecule has 2 aromatic heterocycles. The fraction of sp³-hybridized carbons (Fsp3) is 0.368. The fourth-order valence-corrected chi connectivity index (χ4v) is 4.09. The number of aliphatic hydroxyl groups excluding tert-OH is 1. The summed E-state index contributed by atoms with van der Waals surface area (Å²) in [6.45, 7) is 3.12. The van der Waals surface area contributed by atoms with E-state index in [1.54, 1.807) is 6.07 Å². The molecule has 9 nitrogen and oxygen atoms in total. The van der Waals surface area contributed by atoms with Crippen LogP contribution < -0.4 is 9.80 Å². The SMILES string of the molecule is CC1CN(c2ncc(CO)cc2Cl)CCN1c1nc2cc(C(F)(F)F)cc([N+](=O)[O-])c2[nH]1. The average molecular weight is 471 g/mol. The zero-order valence-corrected chi connectivity index (χ0v) is 17.5. The summed E-state index contributed by atoms with van der Waals surface area (Å²) in [5.74, 6) is 0.815. The van der Waals surface area contributed by atoms with Crippen molar-refractivity contribution in [3.05, 3.63) is 50.7 Å². The number of halogens is 4. The number of benzene rings is 1. The van der Waals surface area contributed by atoms with Gasteiger partial charge in [0, 0.05) is 37.9 Å². The predicted octanol–water partition coefficient (Wildman–Crippen LogP) is 3.75. The first-order valence-electron chi connectivity index (χ1n) is 9.60. The van der Waals surface area contributed by atoms with E-state index in [0.29, 0.717) is 42.1 Å². The number of nitro benzene ring substituents is 1. The van der Waals surface area contributed by atoms with Crippen molar-refractivity contribution in [2.45, 2.75) is 25.7 Å². The number of fused-ring (bicyclic) bond motifs is 1. The second-order valence-electron chi connectivity index (χ2n) is 7.50. The van der Waals surface area contributed by atoms with Crippen LogP contribution in [0, 0.1) is 10.1 Å². The Labute approximate surface area is 184 Å². The van der Waals surface area contributed by atoms with Crippen molar-refractivity contribution in [3.8, 4) is 0 Å². The molecule has 0 aliphatic carbocycles. The van der Waals surface area contributed by atoms with E-state index in [-0.39, 0.29) is 29.6 Å². The first-order chi connectivity index (χ1) is 15.1. The van der Waals surface area contributed by atoms with Gasteiger partial charge in [0.1, 0.15) is 11.3 Å². The number of hydrogen-bond acceptors (Lipinski definition) is 7. The van der Waals surface area contributed by atoms with Crippen molar-refractivity contribution < 1.29 is 23.2 Å². The van der Waals surface area contributed by atoms with Gasteiger partial charge in [-0.15, -0.1) is 0 Å². The van der Waals surface area contributed by atoms with E-state index in [0.717, 1.165) is 6.07 Å². The van der Waals surface area contributed by atoms with Crippen molar-refractivity contribution in [2.24, 2.45) is 0 Å². The van der Waals surface area contributed by atoms with Crippen LogP contribution in [0.4, 0.5) is 30.6 Å². The van der Waals surface area contributed by atoms with E-state index in [1.165, 1.54) is 6.20 Å². The van der Waals surface area contributed by atoms with E-state index in [9.17, 15) is 28.4 Å². The zero-order valence-electron chi connectivity index (χ0n) is 16.7. The number of anilines is 2. The molecule has 0 radical (unpaired) electrons. The first kappa shape index (κ1) is 22.1.